The molecule has 4 atom stereocenters. The largest absolute Gasteiger partial charge is 0.346 e. The highest BCUT2D eigenvalue weighted by Crippen LogP contribution is 2.49. The van der Waals surface area contributed by atoms with Crippen LogP contribution in [0, 0.1) is 11.8 Å². The lowest BCUT2D eigenvalue weighted by molar-refractivity contribution is -0.130. The quantitative estimate of drug-likeness (QED) is 0.586. The Labute approximate surface area is 155 Å². The SMILES string of the molecule is CCCN(C)C(=O)CCCCCN1C2CCCCC2C2CCCCC21. The molecule has 2 aliphatic carbocycles. The van der Waals surface area contributed by atoms with Gasteiger partial charge in [0.05, 0.1) is 0 Å². The van der Waals surface area contributed by atoms with Crippen LogP contribution < -0.4 is 0 Å². The Hall–Kier alpha value is -0.570. The Morgan fingerprint density at radius 1 is 0.920 bits per heavy atom. The zero-order valence-corrected chi connectivity index (χ0v) is 16.7. The fraction of sp³-hybridized carbons (Fsp3) is 0.955. The summed E-state index contributed by atoms with van der Waals surface area (Å²) in [5, 5.41) is 0. The van der Waals surface area contributed by atoms with Gasteiger partial charge in [0.2, 0.25) is 5.91 Å². The fourth-order valence-corrected chi connectivity index (χ4v) is 6.08. The van der Waals surface area contributed by atoms with E-state index in [0.29, 0.717) is 5.91 Å². The second-order valence-electron chi connectivity index (χ2n) is 8.90. The molecule has 3 fully saturated rings. The third kappa shape index (κ3) is 4.59. The zero-order chi connectivity index (χ0) is 17.6. The van der Waals surface area contributed by atoms with Gasteiger partial charge in [0.15, 0.2) is 0 Å². The van der Waals surface area contributed by atoms with E-state index >= 15 is 0 Å². The monoisotopic (exact) mass is 348 g/mol. The third-order valence-corrected chi connectivity index (χ3v) is 7.26. The lowest BCUT2D eigenvalue weighted by Gasteiger charge is -2.34. The number of carbonyl (C=O) groups is 1. The molecule has 0 radical (unpaired) electrons. The van der Waals surface area contributed by atoms with Crippen LogP contribution in [0.25, 0.3) is 0 Å². The second kappa shape index (κ2) is 9.39. The van der Waals surface area contributed by atoms with Gasteiger partial charge in [-0.2, -0.15) is 0 Å². The number of amides is 1. The minimum absolute atomic E-state index is 0.336. The Kier molecular flexibility index (Phi) is 7.21. The van der Waals surface area contributed by atoms with E-state index in [1.54, 1.807) is 0 Å². The lowest BCUT2D eigenvalue weighted by Crippen LogP contribution is -2.40. The van der Waals surface area contributed by atoms with Crippen molar-refractivity contribution in [3.8, 4) is 0 Å². The first-order valence-corrected chi connectivity index (χ1v) is 11.2. The number of likely N-dealkylation sites (tertiary alicyclic amines) is 1. The standard InChI is InChI=1S/C22H40N2O/c1-3-16-23(2)22(25)15-5-4-10-17-24-20-13-8-6-11-18(20)19-12-7-9-14-21(19)24/h18-21H,3-17H2,1-2H3. The average Bonchev–Trinajstić information content (AvgIpc) is 2.96. The van der Waals surface area contributed by atoms with Crippen molar-refractivity contribution in [2.24, 2.45) is 11.8 Å². The molecule has 1 aliphatic heterocycles. The number of carbonyl (C=O) groups excluding carboxylic acids is 1. The van der Waals surface area contributed by atoms with Gasteiger partial charge < -0.3 is 4.90 Å². The summed E-state index contributed by atoms with van der Waals surface area (Å²) in [5.74, 6) is 2.37. The number of hydrogen-bond donors (Lipinski definition) is 0. The van der Waals surface area contributed by atoms with Gasteiger partial charge in [0.25, 0.3) is 0 Å². The van der Waals surface area contributed by atoms with Crippen LogP contribution in [0.3, 0.4) is 0 Å². The summed E-state index contributed by atoms with van der Waals surface area (Å²) < 4.78 is 0. The first-order chi connectivity index (χ1) is 12.2. The molecule has 1 saturated heterocycles. The molecular formula is C22H40N2O. The molecule has 0 bridgehead atoms. The van der Waals surface area contributed by atoms with Gasteiger partial charge in [-0.3, -0.25) is 9.69 Å². The van der Waals surface area contributed by atoms with Crippen LogP contribution in [-0.4, -0.2) is 47.9 Å². The van der Waals surface area contributed by atoms with Crippen LogP contribution in [0.1, 0.15) is 90.4 Å². The minimum Gasteiger partial charge on any atom is -0.346 e. The highest BCUT2D eigenvalue weighted by molar-refractivity contribution is 5.75. The molecule has 3 rings (SSSR count). The summed E-state index contributed by atoms with van der Waals surface area (Å²) >= 11 is 0. The summed E-state index contributed by atoms with van der Waals surface area (Å²) in [6.07, 6.45) is 17.2. The first kappa shape index (κ1) is 19.2. The van der Waals surface area contributed by atoms with E-state index in [0.717, 1.165) is 49.7 Å². The minimum atomic E-state index is 0.336. The number of nitrogens with zero attached hydrogens (tertiary/aromatic N) is 2. The molecule has 0 aromatic rings. The van der Waals surface area contributed by atoms with Gasteiger partial charge in [-0.05, 0) is 63.3 Å². The zero-order valence-electron chi connectivity index (χ0n) is 16.7. The third-order valence-electron chi connectivity index (χ3n) is 7.26. The molecule has 3 nitrogen and oxygen atoms in total. The van der Waals surface area contributed by atoms with Crippen molar-refractivity contribution in [2.45, 2.75) is 102 Å². The van der Waals surface area contributed by atoms with Crippen molar-refractivity contribution < 1.29 is 4.79 Å². The molecule has 3 aliphatic rings. The molecular weight excluding hydrogens is 308 g/mol. The van der Waals surface area contributed by atoms with E-state index in [1.165, 1.54) is 70.8 Å². The van der Waals surface area contributed by atoms with E-state index in [2.05, 4.69) is 11.8 Å². The van der Waals surface area contributed by atoms with Crippen molar-refractivity contribution in [3.05, 3.63) is 0 Å². The maximum Gasteiger partial charge on any atom is 0.222 e. The van der Waals surface area contributed by atoms with Crippen LogP contribution in [0.2, 0.25) is 0 Å². The summed E-state index contributed by atoms with van der Waals surface area (Å²) in [7, 11) is 1.95. The molecule has 0 aromatic heterocycles. The van der Waals surface area contributed by atoms with Crippen LogP contribution in [-0.2, 0) is 4.79 Å². The van der Waals surface area contributed by atoms with Gasteiger partial charge >= 0.3 is 0 Å². The van der Waals surface area contributed by atoms with Crippen molar-refractivity contribution in [1.29, 1.82) is 0 Å². The van der Waals surface area contributed by atoms with E-state index in [9.17, 15) is 4.79 Å². The molecule has 0 spiro atoms. The van der Waals surface area contributed by atoms with E-state index < -0.39 is 0 Å². The topological polar surface area (TPSA) is 23.6 Å². The highest BCUT2D eigenvalue weighted by Gasteiger charge is 2.48. The molecule has 3 heteroatoms. The number of fused-ring (bicyclic) bond motifs is 3. The van der Waals surface area contributed by atoms with Crippen LogP contribution in [0.5, 0.6) is 0 Å². The van der Waals surface area contributed by atoms with Crippen molar-refractivity contribution in [3.63, 3.8) is 0 Å². The summed E-state index contributed by atoms with van der Waals surface area (Å²) in [6.45, 7) is 4.33. The maximum atomic E-state index is 12.0. The number of rotatable bonds is 8. The molecule has 0 N–H and O–H groups in total. The fourth-order valence-electron chi connectivity index (χ4n) is 6.08. The molecule has 1 heterocycles. The van der Waals surface area contributed by atoms with Crippen LogP contribution >= 0.6 is 0 Å². The molecule has 4 unspecified atom stereocenters. The molecule has 2 saturated carbocycles. The highest BCUT2D eigenvalue weighted by atomic mass is 16.2. The van der Waals surface area contributed by atoms with E-state index in [1.807, 2.05) is 11.9 Å². The first-order valence-electron chi connectivity index (χ1n) is 11.2. The Morgan fingerprint density at radius 2 is 1.52 bits per heavy atom. The number of unbranched alkanes of at least 4 members (excludes halogenated alkanes) is 2. The van der Waals surface area contributed by atoms with Gasteiger partial charge in [-0.15, -0.1) is 0 Å². The predicted octanol–water partition coefficient (Wildman–Crippen LogP) is 4.85. The summed E-state index contributed by atoms with van der Waals surface area (Å²) in [5.41, 5.74) is 0. The summed E-state index contributed by atoms with van der Waals surface area (Å²) in [4.78, 5) is 16.9. The number of hydrogen-bond acceptors (Lipinski definition) is 2. The lowest BCUT2D eigenvalue weighted by atomic mass is 9.73. The van der Waals surface area contributed by atoms with Crippen molar-refractivity contribution >= 4 is 5.91 Å². The maximum absolute atomic E-state index is 12.0. The van der Waals surface area contributed by atoms with Crippen LogP contribution in [0.4, 0.5) is 0 Å². The summed E-state index contributed by atoms with van der Waals surface area (Å²) in [6, 6.07) is 1.80. The predicted molar refractivity (Wildman–Crippen MR) is 105 cm³/mol. The van der Waals surface area contributed by atoms with Gasteiger partial charge in [0.1, 0.15) is 0 Å². The molecule has 144 valence electrons. The normalized spacial score (nSPS) is 32.2. The smallest absolute Gasteiger partial charge is 0.222 e. The van der Waals surface area contributed by atoms with E-state index in [-0.39, 0.29) is 0 Å². The van der Waals surface area contributed by atoms with Crippen molar-refractivity contribution in [1.82, 2.24) is 9.80 Å². The average molecular weight is 349 g/mol. The molecule has 1 amide bonds. The molecule has 25 heavy (non-hydrogen) atoms. The van der Waals surface area contributed by atoms with Crippen LogP contribution in [0.15, 0.2) is 0 Å². The Balaban J connectivity index is 1.42. The van der Waals surface area contributed by atoms with Crippen molar-refractivity contribution in [2.75, 3.05) is 20.1 Å². The van der Waals surface area contributed by atoms with Gasteiger partial charge in [-0.1, -0.05) is 39.0 Å². The van der Waals surface area contributed by atoms with Gasteiger partial charge in [-0.25, -0.2) is 0 Å². The van der Waals surface area contributed by atoms with E-state index in [4.69, 9.17) is 0 Å². The van der Waals surface area contributed by atoms with Gasteiger partial charge in [0, 0.05) is 32.1 Å². The molecule has 0 aromatic carbocycles. The second-order valence-corrected chi connectivity index (χ2v) is 8.90. The Bertz CT molecular complexity index is 402. The Morgan fingerprint density at radius 3 is 2.12 bits per heavy atom.